The van der Waals surface area contributed by atoms with Crippen LogP contribution in [0.1, 0.15) is 29.9 Å². The molecule has 0 radical (unpaired) electrons. The highest BCUT2D eigenvalue weighted by Crippen LogP contribution is 2.07. The van der Waals surface area contributed by atoms with Gasteiger partial charge in [0.25, 0.3) is 5.91 Å². The normalized spacial score (nSPS) is 10.6. The molecule has 0 aliphatic rings. The molecule has 1 heterocycles. The van der Waals surface area contributed by atoms with E-state index in [1.165, 1.54) is 0 Å². The third kappa shape index (κ3) is 3.31. The fourth-order valence-corrected chi connectivity index (χ4v) is 1.55. The lowest BCUT2D eigenvalue weighted by Crippen LogP contribution is -2.30. The molecule has 1 N–H and O–H groups in total. The van der Waals surface area contributed by atoms with Crippen LogP contribution in [0.4, 0.5) is 0 Å². The van der Waals surface area contributed by atoms with Crippen molar-refractivity contribution in [2.24, 2.45) is 5.92 Å². The number of pyridine rings is 1. The lowest BCUT2D eigenvalue weighted by molar-refractivity contribution is 0.0779. The zero-order valence-electron chi connectivity index (χ0n) is 9.97. The van der Waals surface area contributed by atoms with Gasteiger partial charge in [-0.05, 0) is 18.1 Å². The van der Waals surface area contributed by atoms with E-state index < -0.39 is 0 Å². The molecular formula is C12H18N2O2. The molecule has 0 spiro atoms. The van der Waals surface area contributed by atoms with Crippen molar-refractivity contribution in [3.05, 3.63) is 29.6 Å². The minimum Gasteiger partial charge on any atom is -0.390 e. The number of nitrogens with zero attached hydrogens (tertiary/aromatic N) is 2. The monoisotopic (exact) mass is 222 g/mol. The Morgan fingerprint density at radius 1 is 1.56 bits per heavy atom. The van der Waals surface area contributed by atoms with Crippen LogP contribution < -0.4 is 0 Å². The van der Waals surface area contributed by atoms with Crippen molar-refractivity contribution < 1.29 is 9.90 Å². The zero-order chi connectivity index (χ0) is 12.1. The summed E-state index contributed by atoms with van der Waals surface area (Å²) in [6.07, 6.45) is 1.54. The van der Waals surface area contributed by atoms with Gasteiger partial charge in [-0.15, -0.1) is 0 Å². The number of aliphatic hydroxyl groups excluding tert-OH is 1. The Kier molecular flexibility index (Phi) is 4.43. The van der Waals surface area contributed by atoms with E-state index in [1.807, 2.05) is 0 Å². The van der Waals surface area contributed by atoms with E-state index in [0.717, 1.165) is 6.54 Å². The Hall–Kier alpha value is -1.42. The molecule has 88 valence electrons. The second-order valence-corrected chi connectivity index (χ2v) is 4.27. The molecule has 1 amide bonds. The lowest BCUT2D eigenvalue weighted by atomic mass is 10.1. The predicted molar refractivity (Wildman–Crippen MR) is 62.0 cm³/mol. The van der Waals surface area contributed by atoms with Crippen molar-refractivity contribution in [1.82, 2.24) is 9.88 Å². The molecule has 0 unspecified atom stereocenters. The number of aliphatic hydroxyl groups is 1. The van der Waals surface area contributed by atoms with Crippen molar-refractivity contribution >= 4 is 5.91 Å². The topological polar surface area (TPSA) is 53.4 Å². The molecule has 0 saturated carbocycles. The first-order valence-electron chi connectivity index (χ1n) is 5.36. The molecule has 0 aromatic carbocycles. The number of hydrogen-bond donors (Lipinski definition) is 1. The molecule has 4 heteroatoms. The summed E-state index contributed by atoms with van der Waals surface area (Å²) < 4.78 is 0. The summed E-state index contributed by atoms with van der Waals surface area (Å²) in [6, 6.07) is 3.29. The second kappa shape index (κ2) is 5.61. The Morgan fingerprint density at radius 3 is 2.81 bits per heavy atom. The van der Waals surface area contributed by atoms with E-state index in [-0.39, 0.29) is 12.5 Å². The Balaban J connectivity index is 2.79. The van der Waals surface area contributed by atoms with Crippen LogP contribution in [-0.2, 0) is 6.61 Å². The minimum absolute atomic E-state index is 0.0363. The molecule has 4 nitrogen and oxygen atoms in total. The van der Waals surface area contributed by atoms with Crippen LogP contribution in [0.3, 0.4) is 0 Å². The van der Waals surface area contributed by atoms with Crippen LogP contribution in [0.2, 0.25) is 0 Å². The van der Waals surface area contributed by atoms with Crippen LogP contribution >= 0.6 is 0 Å². The van der Waals surface area contributed by atoms with Gasteiger partial charge >= 0.3 is 0 Å². The summed E-state index contributed by atoms with van der Waals surface area (Å²) in [5.41, 5.74) is 1.09. The van der Waals surface area contributed by atoms with Crippen molar-refractivity contribution in [2.45, 2.75) is 20.5 Å². The molecule has 0 fully saturated rings. The average Bonchev–Trinajstić information content (AvgIpc) is 2.27. The minimum atomic E-state index is -0.144. The highest BCUT2D eigenvalue weighted by Gasteiger charge is 2.13. The number of carbonyl (C=O) groups is 1. The molecule has 1 aromatic heterocycles. The van der Waals surface area contributed by atoms with E-state index in [9.17, 15) is 4.79 Å². The van der Waals surface area contributed by atoms with Crippen LogP contribution in [0.25, 0.3) is 0 Å². The molecule has 0 aliphatic heterocycles. The van der Waals surface area contributed by atoms with Gasteiger partial charge in [0.2, 0.25) is 0 Å². The number of rotatable bonds is 4. The fourth-order valence-electron chi connectivity index (χ4n) is 1.55. The predicted octanol–water partition coefficient (Wildman–Crippen LogP) is 1.30. The first-order valence-corrected chi connectivity index (χ1v) is 5.36. The standard InChI is InChI=1S/C12H18N2O2/c1-9(2)7-14(3)12(16)10-4-5-13-11(6-10)8-15/h4-6,9,15H,7-8H2,1-3H3. The Morgan fingerprint density at radius 2 is 2.25 bits per heavy atom. The molecular weight excluding hydrogens is 204 g/mol. The molecule has 0 saturated heterocycles. The molecule has 0 bridgehead atoms. The summed E-state index contributed by atoms with van der Waals surface area (Å²) in [7, 11) is 1.78. The van der Waals surface area contributed by atoms with Crippen molar-refractivity contribution in [1.29, 1.82) is 0 Å². The Labute approximate surface area is 95.9 Å². The van der Waals surface area contributed by atoms with Gasteiger partial charge < -0.3 is 10.0 Å². The number of aromatic nitrogens is 1. The molecule has 0 aliphatic carbocycles. The molecule has 0 atom stereocenters. The van der Waals surface area contributed by atoms with Gasteiger partial charge in [0.05, 0.1) is 12.3 Å². The van der Waals surface area contributed by atoms with Gasteiger partial charge in [0.1, 0.15) is 0 Å². The number of carbonyl (C=O) groups excluding carboxylic acids is 1. The summed E-state index contributed by atoms with van der Waals surface area (Å²) in [5.74, 6) is 0.402. The maximum absolute atomic E-state index is 12.0. The maximum Gasteiger partial charge on any atom is 0.253 e. The molecule has 1 aromatic rings. The third-order valence-corrected chi connectivity index (χ3v) is 2.21. The SMILES string of the molecule is CC(C)CN(C)C(=O)c1ccnc(CO)c1. The summed E-state index contributed by atoms with van der Waals surface area (Å²) in [4.78, 5) is 17.6. The van der Waals surface area contributed by atoms with Crippen LogP contribution in [0.15, 0.2) is 18.3 Å². The lowest BCUT2D eigenvalue weighted by Gasteiger charge is -2.19. The second-order valence-electron chi connectivity index (χ2n) is 4.27. The smallest absolute Gasteiger partial charge is 0.253 e. The maximum atomic E-state index is 12.0. The van der Waals surface area contributed by atoms with E-state index in [0.29, 0.717) is 17.2 Å². The molecule has 16 heavy (non-hydrogen) atoms. The van der Waals surface area contributed by atoms with Gasteiger partial charge in [-0.25, -0.2) is 0 Å². The average molecular weight is 222 g/mol. The summed E-state index contributed by atoms with van der Waals surface area (Å²) >= 11 is 0. The van der Waals surface area contributed by atoms with Gasteiger partial charge in [0.15, 0.2) is 0 Å². The van der Waals surface area contributed by atoms with E-state index in [1.54, 1.807) is 30.3 Å². The fraction of sp³-hybridized carbons (Fsp3) is 0.500. The van der Waals surface area contributed by atoms with Gasteiger partial charge in [0, 0.05) is 25.4 Å². The van der Waals surface area contributed by atoms with Crippen molar-refractivity contribution in [3.8, 4) is 0 Å². The highest BCUT2D eigenvalue weighted by atomic mass is 16.3. The zero-order valence-corrected chi connectivity index (χ0v) is 9.97. The number of hydrogen-bond acceptors (Lipinski definition) is 3. The van der Waals surface area contributed by atoms with Crippen molar-refractivity contribution in [3.63, 3.8) is 0 Å². The van der Waals surface area contributed by atoms with Gasteiger partial charge in [-0.3, -0.25) is 9.78 Å². The molecule has 1 rings (SSSR count). The van der Waals surface area contributed by atoms with Crippen LogP contribution in [0.5, 0.6) is 0 Å². The van der Waals surface area contributed by atoms with E-state index in [4.69, 9.17) is 5.11 Å². The highest BCUT2D eigenvalue weighted by molar-refractivity contribution is 5.94. The first-order chi connectivity index (χ1) is 7.54. The number of amides is 1. The largest absolute Gasteiger partial charge is 0.390 e. The quantitative estimate of drug-likeness (QED) is 0.835. The first kappa shape index (κ1) is 12.6. The summed E-state index contributed by atoms with van der Waals surface area (Å²) in [6.45, 7) is 4.70. The van der Waals surface area contributed by atoms with Crippen LogP contribution in [-0.4, -0.2) is 34.5 Å². The summed E-state index contributed by atoms with van der Waals surface area (Å²) in [5, 5.41) is 8.94. The third-order valence-electron chi connectivity index (χ3n) is 2.21. The van der Waals surface area contributed by atoms with E-state index >= 15 is 0 Å². The van der Waals surface area contributed by atoms with Gasteiger partial charge in [-0.2, -0.15) is 0 Å². The van der Waals surface area contributed by atoms with Gasteiger partial charge in [-0.1, -0.05) is 13.8 Å². The van der Waals surface area contributed by atoms with Crippen LogP contribution in [0, 0.1) is 5.92 Å². The van der Waals surface area contributed by atoms with Crippen molar-refractivity contribution in [2.75, 3.05) is 13.6 Å². The Bertz CT molecular complexity index is 364. The van der Waals surface area contributed by atoms with E-state index in [2.05, 4.69) is 18.8 Å².